The van der Waals surface area contributed by atoms with Gasteiger partial charge >= 0.3 is 12.1 Å². The largest absolute Gasteiger partial charge is 0.338 e. The van der Waals surface area contributed by atoms with Crippen LogP contribution in [0.15, 0.2) is 0 Å². The van der Waals surface area contributed by atoms with E-state index in [4.69, 9.17) is 0 Å². The van der Waals surface area contributed by atoms with Crippen molar-refractivity contribution in [3.63, 3.8) is 0 Å². The fourth-order valence-electron chi connectivity index (χ4n) is 3.39. The first-order chi connectivity index (χ1) is 12.5. The topological polar surface area (TPSA) is 64.7 Å². The van der Waals surface area contributed by atoms with Crippen molar-refractivity contribution in [3.05, 3.63) is 0 Å². The van der Waals surface area contributed by atoms with Gasteiger partial charge in [0, 0.05) is 38.3 Å². The molecule has 1 saturated heterocycles. The van der Waals surface area contributed by atoms with E-state index in [-0.39, 0.29) is 24.1 Å². The lowest BCUT2D eigenvalue weighted by molar-refractivity contribution is 0.0812. The Bertz CT molecular complexity index is 379. The van der Waals surface area contributed by atoms with E-state index in [1.165, 1.54) is 25.7 Å². The number of amides is 4. The Hall–Kier alpha value is -1.46. The van der Waals surface area contributed by atoms with Crippen molar-refractivity contribution in [2.75, 3.05) is 26.2 Å². The van der Waals surface area contributed by atoms with Crippen molar-refractivity contribution in [2.24, 2.45) is 0 Å². The molecule has 0 aromatic rings. The molecule has 0 aromatic heterocycles. The summed E-state index contributed by atoms with van der Waals surface area (Å²) in [4.78, 5) is 28.6. The fourth-order valence-corrected chi connectivity index (χ4v) is 3.39. The van der Waals surface area contributed by atoms with Crippen LogP contribution < -0.4 is 10.6 Å². The smallest absolute Gasteiger partial charge is 0.317 e. The van der Waals surface area contributed by atoms with Crippen LogP contribution in [0.5, 0.6) is 0 Å². The van der Waals surface area contributed by atoms with Gasteiger partial charge in [0.05, 0.1) is 0 Å². The fraction of sp³-hybridized carbons (Fsp3) is 0.900. The van der Waals surface area contributed by atoms with E-state index in [2.05, 4.69) is 24.5 Å². The lowest BCUT2D eigenvalue weighted by atomic mass is 10.1. The van der Waals surface area contributed by atoms with Gasteiger partial charge in [0.25, 0.3) is 0 Å². The maximum absolute atomic E-state index is 12.4. The minimum absolute atomic E-state index is 0.000437. The van der Waals surface area contributed by atoms with Crippen LogP contribution in [0.2, 0.25) is 0 Å². The summed E-state index contributed by atoms with van der Waals surface area (Å²) in [6, 6.07) is 0.0707. The molecule has 26 heavy (non-hydrogen) atoms. The molecule has 0 spiro atoms. The lowest BCUT2D eigenvalue weighted by Gasteiger charge is -2.43. The van der Waals surface area contributed by atoms with E-state index in [1.807, 2.05) is 23.6 Å². The molecule has 2 atom stereocenters. The molecule has 0 aromatic carbocycles. The van der Waals surface area contributed by atoms with Gasteiger partial charge in [0.1, 0.15) is 0 Å². The maximum atomic E-state index is 12.4. The molecule has 0 radical (unpaired) electrons. The molecule has 6 nitrogen and oxygen atoms in total. The predicted octanol–water partition coefficient (Wildman–Crippen LogP) is 3.96. The van der Waals surface area contributed by atoms with Crippen molar-refractivity contribution in [1.82, 2.24) is 20.4 Å². The first kappa shape index (κ1) is 22.6. The number of nitrogens with one attached hydrogen (secondary N) is 2. The molecule has 1 aliphatic rings. The third-order valence-corrected chi connectivity index (χ3v) is 5.12. The molecule has 6 heteroatoms. The second-order valence-electron chi connectivity index (χ2n) is 7.59. The second kappa shape index (κ2) is 12.8. The van der Waals surface area contributed by atoms with Gasteiger partial charge in [-0.05, 0) is 26.7 Å². The standard InChI is InChI=1S/C20H40N4O2/c1-5-7-9-11-13-21-19(25)23-15-18(4)24(16-17(23)3)20(26)22-14-12-10-8-6-2/h17-18H,5-16H2,1-4H3,(H,21,25)(H,22,26). The number of unbranched alkanes of at least 4 members (excludes halogenated alkanes) is 6. The Morgan fingerprint density at radius 1 is 0.731 bits per heavy atom. The third kappa shape index (κ3) is 7.83. The molecular weight excluding hydrogens is 328 g/mol. The number of rotatable bonds is 10. The number of hydrogen-bond acceptors (Lipinski definition) is 2. The molecule has 0 bridgehead atoms. The molecule has 0 saturated carbocycles. The Morgan fingerprint density at radius 3 is 1.46 bits per heavy atom. The van der Waals surface area contributed by atoms with Crippen LogP contribution in [-0.4, -0.2) is 60.1 Å². The summed E-state index contributed by atoms with van der Waals surface area (Å²) in [5, 5.41) is 6.06. The summed E-state index contributed by atoms with van der Waals surface area (Å²) in [6.45, 7) is 11.0. The molecule has 4 amide bonds. The average Bonchev–Trinajstić information content (AvgIpc) is 2.62. The van der Waals surface area contributed by atoms with Crippen LogP contribution in [0, 0.1) is 0 Å². The number of urea groups is 2. The minimum atomic E-state index is 0.000437. The number of hydrogen-bond donors (Lipinski definition) is 2. The van der Waals surface area contributed by atoms with Gasteiger partial charge in [-0.2, -0.15) is 0 Å². The quantitative estimate of drug-likeness (QED) is 0.573. The highest BCUT2D eigenvalue weighted by atomic mass is 16.2. The summed E-state index contributed by atoms with van der Waals surface area (Å²) in [5.41, 5.74) is 0. The molecule has 152 valence electrons. The summed E-state index contributed by atoms with van der Waals surface area (Å²) >= 11 is 0. The van der Waals surface area contributed by atoms with Crippen molar-refractivity contribution in [3.8, 4) is 0 Å². The zero-order valence-electron chi connectivity index (χ0n) is 17.4. The summed E-state index contributed by atoms with van der Waals surface area (Å²) in [6.07, 6.45) is 9.22. The minimum Gasteiger partial charge on any atom is -0.338 e. The Kier molecular flexibility index (Phi) is 11.1. The zero-order chi connectivity index (χ0) is 19.4. The molecule has 1 aliphatic heterocycles. The molecule has 1 heterocycles. The van der Waals surface area contributed by atoms with E-state index >= 15 is 0 Å². The summed E-state index contributed by atoms with van der Waals surface area (Å²) < 4.78 is 0. The molecule has 2 N–H and O–H groups in total. The highest BCUT2D eigenvalue weighted by molar-refractivity contribution is 5.77. The lowest BCUT2D eigenvalue weighted by Crippen LogP contribution is -2.62. The van der Waals surface area contributed by atoms with E-state index in [9.17, 15) is 9.59 Å². The number of piperazine rings is 1. The van der Waals surface area contributed by atoms with Crippen LogP contribution in [0.3, 0.4) is 0 Å². The van der Waals surface area contributed by atoms with Gasteiger partial charge in [0.15, 0.2) is 0 Å². The maximum Gasteiger partial charge on any atom is 0.317 e. The van der Waals surface area contributed by atoms with Crippen LogP contribution in [-0.2, 0) is 0 Å². The van der Waals surface area contributed by atoms with Gasteiger partial charge in [-0.25, -0.2) is 9.59 Å². The normalized spacial score (nSPS) is 20.2. The summed E-state index contributed by atoms with van der Waals surface area (Å²) in [7, 11) is 0. The van der Waals surface area contributed by atoms with Crippen LogP contribution in [0.1, 0.15) is 79.1 Å². The van der Waals surface area contributed by atoms with Crippen molar-refractivity contribution >= 4 is 12.1 Å². The first-order valence-electron chi connectivity index (χ1n) is 10.6. The van der Waals surface area contributed by atoms with Crippen molar-refractivity contribution < 1.29 is 9.59 Å². The van der Waals surface area contributed by atoms with E-state index in [0.29, 0.717) is 13.1 Å². The number of nitrogens with zero attached hydrogens (tertiary/aromatic N) is 2. The van der Waals surface area contributed by atoms with Crippen LogP contribution in [0.4, 0.5) is 9.59 Å². The van der Waals surface area contributed by atoms with Gasteiger partial charge in [-0.3, -0.25) is 0 Å². The highest BCUT2D eigenvalue weighted by Gasteiger charge is 2.34. The molecule has 1 fully saturated rings. The van der Waals surface area contributed by atoms with Gasteiger partial charge < -0.3 is 20.4 Å². The van der Waals surface area contributed by atoms with Gasteiger partial charge in [-0.1, -0.05) is 52.4 Å². The molecule has 1 rings (SSSR count). The van der Waals surface area contributed by atoms with Gasteiger partial charge in [0.2, 0.25) is 0 Å². The summed E-state index contributed by atoms with van der Waals surface area (Å²) in [5.74, 6) is 0. The molecular formula is C20H40N4O2. The molecule has 0 aliphatic carbocycles. The monoisotopic (exact) mass is 368 g/mol. The Balaban J connectivity index is 2.35. The number of carbonyl (C=O) groups excluding carboxylic acids is 2. The SMILES string of the molecule is CCCCCCNC(=O)N1CC(C)N(C(=O)NCCCCCC)CC1C. The van der Waals surface area contributed by atoms with Crippen LogP contribution >= 0.6 is 0 Å². The van der Waals surface area contributed by atoms with E-state index in [0.717, 1.165) is 38.8 Å². The Labute approximate surface area is 160 Å². The predicted molar refractivity (Wildman–Crippen MR) is 107 cm³/mol. The number of carbonyl (C=O) groups is 2. The van der Waals surface area contributed by atoms with E-state index < -0.39 is 0 Å². The highest BCUT2D eigenvalue weighted by Crippen LogP contribution is 2.15. The first-order valence-corrected chi connectivity index (χ1v) is 10.6. The van der Waals surface area contributed by atoms with Crippen LogP contribution in [0.25, 0.3) is 0 Å². The second-order valence-corrected chi connectivity index (χ2v) is 7.59. The average molecular weight is 369 g/mol. The van der Waals surface area contributed by atoms with Gasteiger partial charge in [-0.15, -0.1) is 0 Å². The molecule has 2 unspecified atom stereocenters. The van der Waals surface area contributed by atoms with Crippen molar-refractivity contribution in [1.29, 1.82) is 0 Å². The zero-order valence-corrected chi connectivity index (χ0v) is 17.4. The Morgan fingerprint density at radius 2 is 1.12 bits per heavy atom. The third-order valence-electron chi connectivity index (χ3n) is 5.12. The van der Waals surface area contributed by atoms with E-state index in [1.54, 1.807) is 0 Å². The van der Waals surface area contributed by atoms with Crippen molar-refractivity contribution in [2.45, 2.75) is 91.1 Å².